The molecule has 114 valence electrons. The zero-order valence-corrected chi connectivity index (χ0v) is 13.1. The number of hydrogen-bond donors (Lipinski definition) is 0. The lowest BCUT2D eigenvalue weighted by Gasteiger charge is -2.33. The first-order valence-electron chi connectivity index (χ1n) is 7.63. The lowest BCUT2D eigenvalue weighted by molar-refractivity contribution is 0.0340. The van der Waals surface area contributed by atoms with E-state index >= 15 is 0 Å². The van der Waals surface area contributed by atoms with Gasteiger partial charge in [0.15, 0.2) is 0 Å². The molecule has 4 heteroatoms. The smallest absolute Gasteiger partial charge is 0.489 e. The van der Waals surface area contributed by atoms with Crippen molar-refractivity contribution in [1.82, 2.24) is 0 Å². The number of benzene rings is 2. The summed E-state index contributed by atoms with van der Waals surface area (Å²) < 4.78 is 17.7. The number of para-hydroxylation sites is 1. The molecule has 0 N–H and O–H groups in total. The lowest BCUT2D eigenvalue weighted by atomic mass is 9.75. The van der Waals surface area contributed by atoms with Crippen LogP contribution in [0.25, 0.3) is 0 Å². The SMILES string of the molecule is CC1(C)COB(c2ccccc2OCc2ccccc2)OC1. The van der Waals surface area contributed by atoms with Gasteiger partial charge in [-0.3, -0.25) is 0 Å². The van der Waals surface area contributed by atoms with Crippen LogP contribution in [-0.2, 0) is 15.9 Å². The molecule has 1 saturated heterocycles. The molecule has 2 aromatic carbocycles. The molecule has 1 fully saturated rings. The standard InChI is InChI=1S/C18H21BO3/c1-18(2)13-21-19(22-14-18)16-10-6-7-11-17(16)20-12-15-8-4-3-5-9-15/h3-11H,12-14H2,1-2H3. The van der Waals surface area contributed by atoms with E-state index in [-0.39, 0.29) is 12.5 Å². The van der Waals surface area contributed by atoms with Crippen molar-refractivity contribution in [3.63, 3.8) is 0 Å². The quantitative estimate of drug-likeness (QED) is 0.812. The summed E-state index contributed by atoms with van der Waals surface area (Å²) in [6.07, 6.45) is 0. The minimum absolute atomic E-state index is 0.0658. The van der Waals surface area contributed by atoms with Gasteiger partial charge in [0.05, 0.1) is 0 Å². The first kappa shape index (κ1) is 15.1. The van der Waals surface area contributed by atoms with Crippen LogP contribution < -0.4 is 10.2 Å². The van der Waals surface area contributed by atoms with Gasteiger partial charge in [0.25, 0.3) is 0 Å². The van der Waals surface area contributed by atoms with Gasteiger partial charge in [0.1, 0.15) is 12.4 Å². The number of rotatable bonds is 4. The largest absolute Gasteiger partial charge is 0.497 e. The van der Waals surface area contributed by atoms with Crippen LogP contribution in [0, 0.1) is 5.41 Å². The molecule has 2 aromatic rings. The molecule has 0 atom stereocenters. The molecule has 1 aliphatic heterocycles. The van der Waals surface area contributed by atoms with Crippen molar-refractivity contribution in [2.24, 2.45) is 5.41 Å². The molecule has 1 aliphatic rings. The second kappa shape index (κ2) is 6.55. The molecule has 0 bridgehead atoms. The molecule has 0 unspecified atom stereocenters. The van der Waals surface area contributed by atoms with Gasteiger partial charge in [-0.25, -0.2) is 0 Å². The normalized spacial score (nSPS) is 17.3. The van der Waals surface area contributed by atoms with Crippen molar-refractivity contribution in [3.8, 4) is 5.75 Å². The highest BCUT2D eigenvalue weighted by Gasteiger charge is 2.35. The Morgan fingerprint density at radius 2 is 1.59 bits per heavy atom. The van der Waals surface area contributed by atoms with E-state index in [2.05, 4.69) is 26.0 Å². The average Bonchev–Trinajstić information content (AvgIpc) is 2.54. The molecular formula is C18H21BO3. The first-order chi connectivity index (χ1) is 10.6. The molecule has 3 nitrogen and oxygen atoms in total. The second-order valence-electron chi connectivity index (χ2n) is 6.43. The van der Waals surface area contributed by atoms with E-state index in [1.165, 1.54) is 0 Å². The zero-order chi connectivity index (χ0) is 15.4. The highest BCUT2D eigenvalue weighted by Crippen LogP contribution is 2.23. The highest BCUT2D eigenvalue weighted by atomic mass is 16.6. The molecule has 3 rings (SSSR count). The van der Waals surface area contributed by atoms with Gasteiger partial charge in [0, 0.05) is 24.1 Å². The van der Waals surface area contributed by atoms with E-state index in [0.29, 0.717) is 19.8 Å². The van der Waals surface area contributed by atoms with E-state index in [1.54, 1.807) is 0 Å². The Bertz CT molecular complexity index is 603. The third-order valence-corrected chi connectivity index (χ3v) is 3.66. The van der Waals surface area contributed by atoms with Gasteiger partial charge in [-0.2, -0.15) is 0 Å². The van der Waals surface area contributed by atoms with Gasteiger partial charge in [0.2, 0.25) is 0 Å². The van der Waals surface area contributed by atoms with Crippen molar-refractivity contribution < 1.29 is 14.0 Å². The average molecular weight is 296 g/mol. The summed E-state index contributed by atoms with van der Waals surface area (Å²) in [5, 5.41) is 0. The van der Waals surface area contributed by atoms with E-state index in [1.807, 2.05) is 42.5 Å². The van der Waals surface area contributed by atoms with Crippen molar-refractivity contribution in [2.45, 2.75) is 20.5 Å². The predicted molar refractivity (Wildman–Crippen MR) is 88.3 cm³/mol. The highest BCUT2D eigenvalue weighted by molar-refractivity contribution is 6.62. The molecule has 0 saturated carbocycles. The van der Waals surface area contributed by atoms with Crippen LogP contribution in [0.4, 0.5) is 0 Å². The summed E-state index contributed by atoms with van der Waals surface area (Å²) in [5.41, 5.74) is 2.16. The lowest BCUT2D eigenvalue weighted by Crippen LogP contribution is -2.47. The molecule has 1 heterocycles. The summed E-state index contributed by atoms with van der Waals surface area (Å²) in [5.74, 6) is 0.816. The molecule has 0 amide bonds. The Labute approximate surface area is 132 Å². The fourth-order valence-electron chi connectivity index (χ4n) is 2.41. The Kier molecular flexibility index (Phi) is 4.51. The maximum absolute atomic E-state index is 5.97. The predicted octanol–water partition coefficient (Wildman–Crippen LogP) is 3.03. The monoisotopic (exact) mass is 296 g/mol. The minimum Gasteiger partial charge on any atom is -0.489 e. The topological polar surface area (TPSA) is 27.7 Å². The van der Waals surface area contributed by atoms with Crippen LogP contribution in [0.3, 0.4) is 0 Å². The first-order valence-corrected chi connectivity index (χ1v) is 7.63. The molecule has 0 aromatic heterocycles. The summed E-state index contributed by atoms with van der Waals surface area (Å²) in [4.78, 5) is 0. The Morgan fingerprint density at radius 1 is 0.955 bits per heavy atom. The second-order valence-corrected chi connectivity index (χ2v) is 6.43. The summed E-state index contributed by atoms with van der Waals surface area (Å²) in [6, 6.07) is 18.1. The van der Waals surface area contributed by atoms with Crippen molar-refractivity contribution >= 4 is 12.6 Å². The van der Waals surface area contributed by atoms with E-state index in [4.69, 9.17) is 14.0 Å². The maximum Gasteiger partial charge on any atom is 0.497 e. The van der Waals surface area contributed by atoms with Crippen LogP contribution in [0.1, 0.15) is 19.4 Å². The third-order valence-electron chi connectivity index (χ3n) is 3.66. The third kappa shape index (κ3) is 3.70. The van der Waals surface area contributed by atoms with Crippen LogP contribution in [0.5, 0.6) is 5.75 Å². The van der Waals surface area contributed by atoms with Crippen LogP contribution in [-0.4, -0.2) is 20.3 Å². The van der Waals surface area contributed by atoms with Crippen molar-refractivity contribution in [3.05, 3.63) is 60.2 Å². The van der Waals surface area contributed by atoms with Crippen molar-refractivity contribution in [1.29, 1.82) is 0 Å². The maximum atomic E-state index is 5.97. The van der Waals surface area contributed by atoms with Gasteiger partial charge in [-0.1, -0.05) is 62.4 Å². The minimum atomic E-state index is -0.347. The van der Waals surface area contributed by atoms with Gasteiger partial charge >= 0.3 is 7.12 Å². The zero-order valence-electron chi connectivity index (χ0n) is 13.1. The van der Waals surface area contributed by atoms with E-state index < -0.39 is 0 Å². The van der Waals surface area contributed by atoms with Crippen LogP contribution in [0.15, 0.2) is 54.6 Å². The van der Waals surface area contributed by atoms with Crippen LogP contribution in [0.2, 0.25) is 0 Å². The van der Waals surface area contributed by atoms with Gasteiger partial charge in [-0.05, 0) is 11.6 Å². The fraction of sp³-hybridized carbons (Fsp3) is 0.333. The Morgan fingerprint density at radius 3 is 2.32 bits per heavy atom. The molecule has 0 radical (unpaired) electrons. The summed E-state index contributed by atoms with van der Waals surface area (Å²) in [6.45, 7) is 6.19. The van der Waals surface area contributed by atoms with Crippen molar-refractivity contribution in [2.75, 3.05) is 13.2 Å². The molecular weight excluding hydrogens is 275 g/mol. The molecule has 22 heavy (non-hydrogen) atoms. The fourth-order valence-corrected chi connectivity index (χ4v) is 2.41. The summed E-state index contributed by atoms with van der Waals surface area (Å²) in [7, 11) is -0.347. The van der Waals surface area contributed by atoms with E-state index in [0.717, 1.165) is 16.8 Å². The van der Waals surface area contributed by atoms with Crippen LogP contribution >= 0.6 is 0 Å². The van der Waals surface area contributed by atoms with Gasteiger partial charge in [-0.15, -0.1) is 0 Å². The van der Waals surface area contributed by atoms with Gasteiger partial charge < -0.3 is 14.0 Å². The Balaban J connectivity index is 1.70. The van der Waals surface area contributed by atoms with E-state index in [9.17, 15) is 0 Å². The molecule has 0 aliphatic carbocycles. The summed E-state index contributed by atoms with van der Waals surface area (Å²) >= 11 is 0. The molecule has 0 spiro atoms. The number of hydrogen-bond acceptors (Lipinski definition) is 3. The number of ether oxygens (including phenoxy) is 1. The Hall–Kier alpha value is -1.78.